The summed E-state index contributed by atoms with van der Waals surface area (Å²) in [5.74, 6) is -0.773. The van der Waals surface area contributed by atoms with Crippen molar-refractivity contribution in [3.63, 3.8) is 0 Å². The van der Waals surface area contributed by atoms with E-state index in [0.29, 0.717) is 11.1 Å². The first-order valence-electron chi connectivity index (χ1n) is 11.5. The Morgan fingerprint density at radius 3 is 2.17 bits per heavy atom. The molecule has 0 radical (unpaired) electrons. The number of nitrogens with zero attached hydrogens (tertiary/aromatic N) is 1. The van der Waals surface area contributed by atoms with Crippen LogP contribution in [0.4, 0.5) is 17.6 Å². The average molecular weight is 496 g/mol. The molecule has 4 aromatic rings. The number of amides is 1. The van der Waals surface area contributed by atoms with Crippen LogP contribution in [-0.4, -0.2) is 22.0 Å². The predicted octanol–water partition coefficient (Wildman–Crippen LogP) is 6.69. The highest BCUT2D eigenvalue weighted by Crippen LogP contribution is 2.31. The summed E-state index contributed by atoms with van der Waals surface area (Å²) in [6, 6.07) is 22.7. The summed E-state index contributed by atoms with van der Waals surface area (Å²) < 4.78 is 52.7. The molecule has 7 heteroatoms. The van der Waals surface area contributed by atoms with Gasteiger partial charge in [-0.1, -0.05) is 66.7 Å². The van der Waals surface area contributed by atoms with Crippen molar-refractivity contribution in [3.05, 3.63) is 119 Å². The average Bonchev–Trinajstić information content (AvgIpc) is 2.86. The van der Waals surface area contributed by atoms with Gasteiger partial charge in [-0.05, 0) is 58.1 Å². The molecule has 2 atom stereocenters. The molecule has 0 aliphatic carbocycles. The maximum Gasteiger partial charge on any atom is 0.416 e. The Hall–Kier alpha value is -3.71. The van der Waals surface area contributed by atoms with Crippen LogP contribution in [0.2, 0.25) is 0 Å². The first kappa shape index (κ1) is 25.4. The molecule has 186 valence electrons. The lowest BCUT2D eigenvalue weighted by Crippen LogP contribution is -2.43. The summed E-state index contributed by atoms with van der Waals surface area (Å²) >= 11 is 0. The summed E-state index contributed by atoms with van der Waals surface area (Å²) in [6.45, 7) is 1.57. The van der Waals surface area contributed by atoms with Crippen molar-refractivity contribution < 1.29 is 27.5 Å². The molecule has 4 rings (SSSR count). The van der Waals surface area contributed by atoms with Gasteiger partial charge >= 0.3 is 6.18 Å². The minimum atomic E-state index is -4.47. The molecule has 1 N–H and O–H groups in total. The topological polar surface area (TPSA) is 40.5 Å². The Bertz CT molecular complexity index is 1330. The van der Waals surface area contributed by atoms with Gasteiger partial charge in [-0.2, -0.15) is 13.2 Å². The fourth-order valence-electron chi connectivity index (χ4n) is 4.42. The molecular weight excluding hydrogens is 470 g/mol. The summed E-state index contributed by atoms with van der Waals surface area (Å²) in [7, 11) is 0. The highest BCUT2D eigenvalue weighted by molar-refractivity contribution is 5.86. The van der Waals surface area contributed by atoms with E-state index < -0.39 is 29.7 Å². The van der Waals surface area contributed by atoms with E-state index in [0.717, 1.165) is 28.5 Å². The Morgan fingerprint density at radius 1 is 0.889 bits per heavy atom. The van der Waals surface area contributed by atoms with Gasteiger partial charge in [0, 0.05) is 13.5 Å². The molecule has 0 spiro atoms. The highest BCUT2D eigenvalue weighted by Gasteiger charge is 2.32. The molecule has 0 fully saturated rings. The van der Waals surface area contributed by atoms with Crippen molar-refractivity contribution in [1.29, 1.82) is 0 Å². The van der Waals surface area contributed by atoms with Crippen LogP contribution < -0.4 is 0 Å². The number of halogens is 4. The van der Waals surface area contributed by atoms with Crippen LogP contribution in [0.25, 0.3) is 10.8 Å². The minimum Gasteiger partial charge on any atom is -0.386 e. The minimum absolute atomic E-state index is 0.0982. The smallest absolute Gasteiger partial charge is 0.386 e. The van der Waals surface area contributed by atoms with Gasteiger partial charge in [0.2, 0.25) is 5.91 Å². The molecule has 2 unspecified atom stereocenters. The van der Waals surface area contributed by atoms with Crippen LogP contribution in [0.3, 0.4) is 0 Å². The van der Waals surface area contributed by atoms with E-state index >= 15 is 0 Å². The van der Waals surface area contributed by atoms with Crippen LogP contribution >= 0.6 is 0 Å². The SMILES string of the molecule is CC(=O)N(Cc1cccc2ccccc12)C(Cc1ccc(C(F)(F)F)cc1)C(O)c1ccc(F)cc1. The monoisotopic (exact) mass is 495 g/mol. The summed E-state index contributed by atoms with van der Waals surface area (Å²) in [4.78, 5) is 14.4. The molecule has 1 amide bonds. The van der Waals surface area contributed by atoms with Gasteiger partial charge in [0.25, 0.3) is 0 Å². The number of carbonyl (C=O) groups is 1. The molecule has 36 heavy (non-hydrogen) atoms. The van der Waals surface area contributed by atoms with Gasteiger partial charge in [-0.15, -0.1) is 0 Å². The molecule has 0 saturated heterocycles. The lowest BCUT2D eigenvalue weighted by Gasteiger charge is -2.35. The molecule has 0 saturated carbocycles. The molecule has 0 aromatic heterocycles. The van der Waals surface area contributed by atoms with Crippen molar-refractivity contribution in [3.8, 4) is 0 Å². The number of benzene rings is 4. The lowest BCUT2D eigenvalue weighted by atomic mass is 9.93. The van der Waals surface area contributed by atoms with Gasteiger partial charge in [0.1, 0.15) is 5.82 Å². The Balaban J connectivity index is 1.72. The zero-order valence-corrected chi connectivity index (χ0v) is 19.5. The molecule has 0 bridgehead atoms. The molecule has 3 nitrogen and oxygen atoms in total. The van der Waals surface area contributed by atoms with E-state index in [-0.39, 0.29) is 18.9 Å². The fraction of sp³-hybridized carbons (Fsp3) is 0.207. The quantitative estimate of drug-likeness (QED) is 0.290. The van der Waals surface area contributed by atoms with E-state index in [2.05, 4.69) is 0 Å². The number of fused-ring (bicyclic) bond motifs is 1. The summed E-state index contributed by atoms with van der Waals surface area (Å²) in [6.07, 6.45) is -5.57. The van der Waals surface area contributed by atoms with Crippen molar-refractivity contribution in [2.45, 2.75) is 38.2 Å². The van der Waals surface area contributed by atoms with Crippen molar-refractivity contribution in [1.82, 2.24) is 4.90 Å². The molecule has 0 aliphatic heterocycles. The second-order valence-electron chi connectivity index (χ2n) is 8.75. The van der Waals surface area contributed by atoms with E-state index in [9.17, 15) is 27.5 Å². The summed E-state index contributed by atoms with van der Waals surface area (Å²) in [5, 5.41) is 13.3. The zero-order chi connectivity index (χ0) is 25.9. The van der Waals surface area contributed by atoms with Crippen LogP contribution in [0.15, 0.2) is 91.0 Å². The first-order valence-corrected chi connectivity index (χ1v) is 11.5. The Labute approximate surface area is 206 Å². The van der Waals surface area contributed by atoms with Gasteiger partial charge in [0.15, 0.2) is 0 Å². The number of carbonyl (C=O) groups excluding carboxylic acids is 1. The molecule has 0 aliphatic rings. The van der Waals surface area contributed by atoms with Crippen LogP contribution in [0.1, 0.15) is 35.3 Å². The van der Waals surface area contributed by atoms with E-state index in [4.69, 9.17) is 0 Å². The van der Waals surface area contributed by atoms with E-state index in [1.807, 2.05) is 42.5 Å². The third-order valence-corrected chi connectivity index (χ3v) is 6.33. The molecule has 4 aromatic carbocycles. The van der Waals surface area contributed by atoms with Gasteiger partial charge in [-0.3, -0.25) is 4.79 Å². The molecular formula is C29H25F4NO2. The zero-order valence-electron chi connectivity index (χ0n) is 19.5. The normalized spacial score (nSPS) is 13.4. The van der Waals surface area contributed by atoms with Crippen molar-refractivity contribution in [2.24, 2.45) is 0 Å². The second-order valence-corrected chi connectivity index (χ2v) is 8.75. The Morgan fingerprint density at radius 2 is 1.53 bits per heavy atom. The first-order chi connectivity index (χ1) is 17.1. The van der Waals surface area contributed by atoms with Gasteiger partial charge < -0.3 is 10.0 Å². The van der Waals surface area contributed by atoms with Gasteiger partial charge in [0.05, 0.1) is 17.7 Å². The predicted molar refractivity (Wildman–Crippen MR) is 130 cm³/mol. The number of aliphatic hydroxyl groups is 1. The van der Waals surface area contributed by atoms with Crippen LogP contribution in [0.5, 0.6) is 0 Å². The Kier molecular flexibility index (Phi) is 7.40. The largest absolute Gasteiger partial charge is 0.416 e. The number of rotatable bonds is 7. The number of aliphatic hydroxyl groups excluding tert-OH is 1. The van der Waals surface area contributed by atoms with Crippen LogP contribution in [-0.2, 0) is 23.9 Å². The molecule has 0 heterocycles. The maximum atomic E-state index is 13.5. The van der Waals surface area contributed by atoms with Crippen molar-refractivity contribution in [2.75, 3.05) is 0 Å². The number of hydrogen-bond acceptors (Lipinski definition) is 2. The number of alkyl halides is 3. The second kappa shape index (κ2) is 10.5. The number of hydrogen-bond donors (Lipinski definition) is 1. The standard InChI is InChI=1S/C29H25F4NO2/c1-19(35)34(18-23-7-4-6-21-5-2-3-8-26(21)23)27(28(36)22-11-15-25(30)16-12-22)17-20-9-13-24(14-10-20)29(31,32)33/h2-16,27-28,36H,17-18H2,1H3. The van der Waals surface area contributed by atoms with E-state index in [1.165, 1.54) is 48.2 Å². The third kappa shape index (κ3) is 5.74. The fourth-order valence-corrected chi connectivity index (χ4v) is 4.42. The van der Waals surface area contributed by atoms with Crippen LogP contribution in [0, 0.1) is 5.82 Å². The van der Waals surface area contributed by atoms with Gasteiger partial charge in [-0.25, -0.2) is 4.39 Å². The summed E-state index contributed by atoms with van der Waals surface area (Å²) in [5.41, 5.74) is 1.02. The maximum absolute atomic E-state index is 13.5. The van der Waals surface area contributed by atoms with E-state index in [1.54, 1.807) is 0 Å². The lowest BCUT2D eigenvalue weighted by molar-refractivity contribution is -0.137. The van der Waals surface area contributed by atoms with Crippen molar-refractivity contribution >= 4 is 16.7 Å². The third-order valence-electron chi connectivity index (χ3n) is 6.33. The highest BCUT2D eigenvalue weighted by atomic mass is 19.4.